The predicted octanol–water partition coefficient (Wildman–Crippen LogP) is 1.81. The Morgan fingerprint density at radius 1 is 1.32 bits per heavy atom. The minimum atomic E-state index is -0.220. The summed E-state index contributed by atoms with van der Waals surface area (Å²) >= 11 is 0. The Bertz CT molecular complexity index is 458. The predicted molar refractivity (Wildman–Crippen MR) is 71.6 cm³/mol. The number of rotatable bonds is 3. The van der Waals surface area contributed by atoms with Gasteiger partial charge in [-0.3, -0.25) is 9.59 Å². The molecule has 1 aliphatic rings. The molecule has 0 aromatic heterocycles. The van der Waals surface area contributed by atoms with Gasteiger partial charge in [-0.2, -0.15) is 0 Å². The largest absolute Gasteiger partial charge is 0.469 e. The van der Waals surface area contributed by atoms with Crippen molar-refractivity contribution in [2.75, 3.05) is 20.2 Å². The summed E-state index contributed by atoms with van der Waals surface area (Å²) in [6, 6.07) is 9.71. The average molecular weight is 261 g/mol. The van der Waals surface area contributed by atoms with Crippen molar-refractivity contribution in [1.82, 2.24) is 4.90 Å². The Morgan fingerprint density at radius 2 is 2.00 bits per heavy atom. The molecule has 1 amide bonds. The molecule has 0 bridgehead atoms. The van der Waals surface area contributed by atoms with Crippen molar-refractivity contribution < 1.29 is 14.3 Å². The number of hydrogen-bond donors (Lipinski definition) is 0. The fourth-order valence-electron chi connectivity index (χ4n) is 2.48. The molecule has 0 radical (unpaired) electrons. The second-order valence-corrected chi connectivity index (χ2v) is 4.93. The summed E-state index contributed by atoms with van der Waals surface area (Å²) in [5.74, 6) is -0.477. The Morgan fingerprint density at radius 3 is 2.63 bits per heavy atom. The van der Waals surface area contributed by atoms with Crippen molar-refractivity contribution in [3.8, 4) is 0 Å². The first kappa shape index (κ1) is 13.6. The normalized spacial score (nSPS) is 20.1. The van der Waals surface area contributed by atoms with E-state index in [2.05, 4.69) is 0 Å². The van der Waals surface area contributed by atoms with Crippen LogP contribution in [0.4, 0.5) is 0 Å². The minimum Gasteiger partial charge on any atom is -0.469 e. The van der Waals surface area contributed by atoms with Crippen LogP contribution in [0.1, 0.15) is 24.8 Å². The van der Waals surface area contributed by atoms with Gasteiger partial charge in [-0.1, -0.05) is 30.3 Å². The fraction of sp³-hybridized carbons (Fsp3) is 0.467. The number of benzene rings is 1. The van der Waals surface area contributed by atoms with E-state index in [1.807, 2.05) is 37.3 Å². The van der Waals surface area contributed by atoms with Crippen molar-refractivity contribution in [2.45, 2.75) is 19.3 Å². The summed E-state index contributed by atoms with van der Waals surface area (Å²) in [7, 11) is 1.39. The van der Waals surface area contributed by atoms with Crippen LogP contribution in [-0.2, 0) is 14.3 Å². The van der Waals surface area contributed by atoms with E-state index < -0.39 is 0 Å². The number of ether oxygens (including phenoxy) is 1. The average Bonchev–Trinajstić information content (AvgIpc) is 2.95. The van der Waals surface area contributed by atoms with Crippen LogP contribution >= 0.6 is 0 Å². The smallest absolute Gasteiger partial charge is 0.310 e. The highest BCUT2D eigenvalue weighted by atomic mass is 16.5. The standard InChI is InChI=1S/C15H19NO3/c1-11(12-6-4-3-5-7-12)14(17)16-9-8-13(10-16)15(18)19-2/h3-7,11,13H,8-10H2,1-2H3. The molecule has 2 rings (SSSR count). The molecule has 1 aromatic rings. The van der Waals surface area contributed by atoms with Crippen molar-refractivity contribution in [1.29, 1.82) is 0 Å². The van der Waals surface area contributed by atoms with Gasteiger partial charge in [-0.25, -0.2) is 0 Å². The molecule has 0 N–H and O–H groups in total. The summed E-state index contributed by atoms with van der Waals surface area (Å²) < 4.78 is 4.73. The summed E-state index contributed by atoms with van der Waals surface area (Å²) in [5.41, 5.74) is 1.01. The Labute approximate surface area is 113 Å². The van der Waals surface area contributed by atoms with Gasteiger partial charge in [0.2, 0.25) is 5.91 Å². The van der Waals surface area contributed by atoms with Gasteiger partial charge in [-0.15, -0.1) is 0 Å². The van der Waals surface area contributed by atoms with Gasteiger partial charge in [0, 0.05) is 13.1 Å². The van der Waals surface area contributed by atoms with E-state index in [1.165, 1.54) is 7.11 Å². The van der Waals surface area contributed by atoms with E-state index in [4.69, 9.17) is 4.74 Å². The molecule has 1 saturated heterocycles. The number of methoxy groups -OCH3 is 1. The van der Waals surface area contributed by atoms with Crippen LogP contribution in [0, 0.1) is 5.92 Å². The van der Waals surface area contributed by atoms with E-state index in [9.17, 15) is 9.59 Å². The molecule has 2 atom stereocenters. The monoisotopic (exact) mass is 261 g/mol. The van der Waals surface area contributed by atoms with Crippen molar-refractivity contribution in [3.05, 3.63) is 35.9 Å². The lowest BCUT2D eigenvalue weighted by Crippen LogP contribution is -2.33. The SMILES string of the molecule is COC(=O)C1CCN(C(=O)C(C)c2ccccc2)C1. The zero-order valence-electron chi connectivity index (χ0n) is 11.3. The van der Waals surface area contributed by atoms with Gasteiger partial charge in [0.25, 0.3) is 0 Å². The van der Waals surface area contributed by atoms with Crippen LogP contribution in [0.2, 0.25) is 0 Å². The number of hydrogen-bond acceptors (Lipinski definition) is 3. The molecule has 1 fully saturated rings. The highest BCUT2D eigenvalue weighted by Gasteiger charge is 2.33. The molecule has 102 valence electrons. The molecule has 0 spiro atoms. The van der Waals surface area contributed by atoms with E-state index in [-0.39, 0.29) is 23.7 Å². The van der Waals surface area contributed by atoms with Gasteiger partial charge in [0.1, 0.15) is 0 Å². The quantitative estimate of drug-likeness (QED) is 0.780. The highest BCUT2D eigenvalue weighted by molar-refractivity contribution is 5.84. The first-order chi connectivity index (χ1) is 9.13. The lowest BCUT2D eigenvalue weighted by Gasteiger charge is -2.21. The van der Waals surface area contributed by atoms with E-state index in [1.54, 1.807) is 4.90 Å². The maximum absolute atomic E-state index is 12.4. The molecule has 1 aromatic carbocycles. The molecule has 0 aliphatic carbocycles. The van der Waals surface area contributed by atoms with Crippen LogP contribution in [0.25, 0.3) is 0 Å². The van der Waals surface area contributed by atoms with Crippen LogP contribution in [-0.4, -0.2) is 37.0 Å². The summed E-state index contributed by atoms with van der Waals surface area (Å²) in [4.78, 5) is 25.6. The highest BCUT2D eigenvalue weighted by Crippen LogP contribution is 2.23. The van der Waals surface area contributed by atoms with E-state index >= 15 is 0 Å². The third kappa shape index (κ3) is 2.95. The van der Waals surface area contributed by atoms with Gasteiger partial charge < -0.3 is 9.64 Å². The Hall–Kier alpha value is -1.84. The molecule has 4 heteroatoms. The second kappa shape index (κ2) is 5.87. The number of nitrogens with zero attached hydrogens (tertiary/aromatic N) is 1. The summed E-state index contributed by atoms with van der Waals surface area (Å²) in [5, 5.41) is 0. The Kier molecular flexibility index (Phi) is 4.20. The molecule has 2 unspecified atom stereocenters. The van der Waals surface area contributed by atoms with Crippen LogP contribution in [0.3, 0.4) is 0 Å². The number of likely N-dealkylation sites (tertiary alicyclic amines) is 1. The summed E-state index contributed by atoms with van der Waals surface area (Å²) in [6.07, 6.45) is 0.694. The van der Waals surface area contributed by atoms with E-state index in [0.29, 0.717) is 19.5 Å². The molecule has 1 heterocycles. The molecule has 4 nitrogen and oxygen atoms in total. The van der Waals surface area contributed by atoms with Crippen LogP contribution in [0.5, 0.6) is 0 Å². The number of carbonyl (C=O) groups excluding carboxylic acids is 2. The molecule has 1 aliphatic heterocycles. The number of esters is 1. The lowest BCUT2D eigenvalue weighted by molar-refractivity contribution is -0.145. The van der Waals surface area contributed by atoms with Gasteiger partial charge in [-0.05, 0) is 18.9 Å². The lowest BCUT2D eigenvalue weighted by atomic mass is 10.00. The van der Waals surface area contributed by atoms with Crippen LogP contribution in [0.15, 0.2) is 30.3 Å². The number of carbonyl (C=O) groups is 2. The molecular weight excluding hydrogens is 242 g/mol. The van der Waals surface area contributed by atoms with Crippen LogP contribution < -0.4 is 0 Å². The van der Waals surface area contributed by atoms with Crippen molar-refractivity contribution in [3.63, 3.8) is 0 Å². The fourth-order valence-corrected chi connectivity index (χ4v) is 2.48. The van der Waals surface area contributed by atoms with Gasteiger partial charge >= 0.3 is 5.97 Å². The maximum Gasteiger partial charge on any atom is 0.310 e. The molecule has 19 heavy (non-hydrogen) atoms. The third-order valence-corrected chi connectivity index (χ3v) is 3.70. The maximum atomic E-state index is 12.4. The first-order valence-corrected chi connectivity index (χ1v) is 6.55. The summed E-state index contributed by atoms with van der Waals surface area (Å²) in [6.45, 7) is 3.02. The minimum absolute atomic E-state index is 0.0811. The number of amides is 1. The van der Waals surface area contributed by atoms with E-state index in [0.717, 1.165) is 5.56 Å². The Balaban J connectivity index is 2.00. The van der Waals surface area contributed by atoms with Gasteiger partial charge in [0.15, 0.2) is 0 Å². The zero-order chi connectivity index (χ0) is 13.8. The van der Waals surface area contributed by atoms with Crippen molar-refractivity contribution >= 4 is 11.9 Å². The topological polar surface area (TPSA) is 46.6 Å². The zero-order valence-corrected chi connectivity index (χ0v) is 11.3. The first-order valence-electron chi connectivity index (χ1n) is 6.55. The van der Waals surface area contributed by atoms with Crippen molar-refractivity contribution in [2.24, 2.45) is 5.92 Å². The third-order valence-electron chi connectivity index (χ3n) is 3.70. The second-order valence-electron chi connectivity index (χ2n) is 4.93. The molecular formula is C15H19NO3. The molecule has 0 saturated carbocycles. The van der Waals surface area contributed by atoms with Gasteiger partial charge in [0.05, 0.1) is 18.9 Å².